The first-order valence-electron chi connectivity index (χ1n) is 8.34. The van der Waals surface area contributed by atoms with Crippen molar-refractivity contribution in [1.29, 1.82) is 0 Å². The van der Waals surface area contributed by atoms with Crippen LogP contribution in [0.15, 0.2) is 0 Å². The van der Waals surface area contributed by atoms with Crippen LogP contribution in [0, 0.1) is 0 Å². The molecule has 0 rings (SSSR count). The van der Waals surface area contributed by atoms with Crippen molar-refractivity contribution in [2.24, 2.45) is 0 Å². The van der Waals surface area contributed by atoms with Crippen LogP contribution in [0.5, 0.6) is 0 Å². The molecule has 0 radical (unpaired) electrons. The number of carbonyl (C=O) groups excluding carboxylic acids is 1. The highest BCUT2D eigenvalue weighted by Gasteiger charge is 2.05. The molecule has 0 fully saturated rings. The monoisotopic (exact) mass is 337 g/mol. The summed E-state index contributed by atoms with van der Waals surface area (Å²) < 4.78 is 33.0. The molecule has 0 aromatic rings. The van der Waals surface area contributed by atoms with E-state index in [9.17, 15) is 13.2 Å². The van der Waals surface area contributed by atoms with E-state index in [-0.39, 0.29) is 19.1 Å². The summed E-state index contributed by atoms with van der Waals surface area (Å²) >= 11 is 0. The van der Waals surface area contributed by atoms with Crippen LogP contribution in [-0.2, 0) is 19.4 Å². The summed E-state index contributed by atoms with van der Waals surface area (Å²) in [6.45, 7) is 2.05. The third kappa shape index (κ3) is 17.4. The van der Waals surface area contributed by atoms with E-state index in [0.29, 0.717) is 6.42 Å². The average molecular weight is 337 g/mol. The smallest absolute Gasteiger partial charge is 0.354 e. The summed E-state index contributed by atoms with van der Waals surface area (Å²) in [5, 5.41) is 2.55. The molecule has 0 atom stereocenters. The lowest BCUT2D eigenvalue weighted by Crippen LogP contribution is -2.27. The molecule has 0 aliphatic rings. The van der Waals surface area contributed by atoms with Gasteiger partial charge in [0.25, 0.3) is 0 Å². The number of rotatable bonds is 15. The minimum atomic E-state index is -4.41. The Kier molecular flexibility index (Phi) is 13.5. The van der Waals surface area contributed by atoms with Crippen molar-refractivity contribution in [2.75, 3.05) is 13.2 Å². The van der Waals surface area contributed by atoms with Gasteiger partial charge < -0.3 is 5.32 Å². The van der Waals surface area contributed by atoms with Crippen LogP contribution in [0.25, 0.3) is 0 Å². The number of hydrogen-bond donors (Lipinski definition) is 2. The van der Waals surface area contributed by atoms with Crippen molar-refractivity contribution in [1.82, 2.24) is 5.32 Å². The molecule has 0 heterocycles. The Morgan fingerprint density at radius 3 is 1.95 bits per heavy atom. The van der Waals surface area contributed by atoms with Crippen molar-refractivity contribution in [2.45, 2.75) is 77.6 Å². The fraction of sp³-hybridized carbons (Fsp3) is 0.933. The maximum absolute atomic E-state index is 11.4. The summed E-state index contributed by atoms with van der Waals surface area (Å²) in [4.78, 5) is 11.4. The molecule has 0 bridgehead atoms. The fourth-order valence-electron chi connectivity index (χ4n) is 2.20. The maximum Gasteiger partial charge on any atom is 0.397 e. The van der Waals surface area contributed by atoms with Gasteiger partial charge in [0.1, 0.15) is 0 Å². The van der Waals surface area contributed by atoms with Gasteiger partial charge in [-0.1, -0.05) is 64.7 Å². The van der Waals surface area contributed by atoms with Crippen LogP contribution < -0.4 is 5.32 Å². The lowest BCUT2D eigenvalue weighted by Gasteiger charge is -2.05. The fourth-order valence-corrected chi connectivity index (χ4v) is 2.49. The molecular formula is C15H31NO5S. The van der Waals surface area contributed by atoms with Crippen molar-refractivity contribution < 1.29 is 21.9 Å². The zero-order valence-electron chi connectivity index (χ0n) is 13.7. The molecule has 0 aliphatic heterocycles. The normalized spacial score (nSPS) is 11.5. The third-order valence-corrected chi connectivity index (χ3v) is 3.88. The second-order valence-corrected chi connectivity index (χ2v) is 6.62. The Morgan fingerprint density at radius 1 is 0.955 bits per heavy atom. The van der Waals surface area contributed by atoms with E-state index in [4.69, 9.17) is 4.55 Å². The molecule has 22 heavy (non-hydrogen) atoms. The molecule has 6 nitrogen and oxygen atoms in total. The van der Waals surface area contributed by atoms with Gasteiger partial charge in [-0.25, -0.2) is 4.18 Å². The Hall–Kier alpha value is -0.660. The van der Waals surface area contributed by atoms with E-state index in [1.165, 1.54) is 44.9 Å². The predicted molar refractivity (Wildman–Crippen MR) is 87.0 cm³/mol. The van der Waals surface area contributed by atoms with E-state index in [0.717, 1.165) is 19.3 Å². The van der Waals surface area contributed by atoms with Gasteiger partial charge in [0, 0.05) is 13.0 Å². The maximum atomic E-state index is 11.4. The first kappa shape index (κ1) is 21.3. The highest BCUT2D eigenvalue weighted by atomic mass is 32.3. The second kappa shape index (κ2) is 14.0. The van der Waals surface area contributed by atoms with Gasteiger partial charge in [-0.2, -0.15) is 8.42 Å². The van der Waals surface area contributed by atoms with E-state index in [1.54, 1.807) is 0 Å². The summed E-state index contributed by atoms with van der Waals surface area (Å²) in [6.07, 6.45) is 12.6. The molecule has 0 aromatic heterocycles. The molecule has 132 valence electrons. The lowest BCUT2D eigenvalue weighted by molar-refractivity contribution is -0.121. The number of amides is 1. The SMILES string of the molecule is CCCCCCCCCCCCC(=O)NCCOS(=O)(=O)O. The van der Waals surface area contributed by atoms with Crippen LogP contribution in [-0.4, -0.2) is 32.0 Å². The topological polar surface area (TPSA) is 92.7 Å². The van der Waals surface area contributed by atoms with Crippen molar-refractivity contribution in [3.05, 3.63) is 0 Å². The molecule has 0 saturated carbocycles. The van der Waals surface area contributed by atoms with E-state index >= 15 is 0 Å². The molecule has 0 unspecified atom stereocenters. The zero-order chi connectivity index (χ0) is 16.7. The summed E-state index contributed by atoms with van der Waals surface area (Å²) in [7, 11) is -4.41. The number of hydrogen-bond acceptors (Lipinski definition) is 4. The van der Waals surface area contributed by atoms with Crippen molar-refractivity contribution in [3.8, 4) is 0 Å². The first-order valence-corrected chi connectivity index (χ1v) is 9.70. The Morgan fingerprint density at radius 2 is 1.45 bits per heavy atom. The Balaban J connectivity index is 3.25. The van der Waals surface area contributed by atoms with Crippen LogP contribution in [0.2, 0.25) is 0 Å². The molecule has 2 N–H and O–H groups in total. The third-order valence-electron chi connectivity index (χ3n) is 3.41. The van der Waals surface area contributed by atoms with Gasteiger partial charge in [-0.3, -0.25) is 9.35 Å². The van der Waals surface area contributed by atoms with E-state index in [2.05, 4.69) is 16.4 Å². The van der Waals surface area contributed by atoms with Crippen molar-refractivity contribution in [3.63, 3.8) is 0 Å². The van der Waals surface area contributed by atoms with Crippen LogP contribution in [0.3, 0.4) is 0 Å². The standard InChI is InChI=1S/C15H31NO5S/c1-2-3-4-5-6-7-8-9-10-11-12-15(17)16-13-14-21-22(18,19)20/h2-14H2,1H3,(H,16,17)(H,18,19,20). The van der Waals surface area contributed by atoms with E-state index in [1.807, 2.05) is 0 Å². The molecule has 0 spiro atoms. The molecule has 0 aromatic carbocycles. The predicted octanol–water partition coefficient (Wildman–Crippen LogP) is 3.23. The van der Waals surface area contributed by atoms with Gasteiger partial charge in [0.2, 0.25) is 5.91 Å². The van der Waals surface area contributed by atoms with Gasteiger partial charge in [-0.15, -0.1) is 0 Å². The van der Waals surface area contributed by atoms with Gasteiger partial charge in [0.05, 0.1) is 6.61 Å². The quantitative estimate of drug-likeness (QED) is 0.353. The second-order valence-electron chi connectivity index (χ2n) is 5.53. The van der Waals surface area contributed by atoms with E-state index < -0.39 is 10.4 Å². The zero-order valence-corrected chi connectivity index (χ0v) is 14.5. The van der Waals surface area contributed by atoms with Crippen molar-refractivity contribution >= 4 is 16.3 Å². The summed E-state index contributed by atoms with van der Waals surface area (Å²) in [5.41, 5.74) is 0. The average Bonchev–Trinajstić information content (AvgIpc) is 2.44. The molecule has 1 amide bonds. The Labute approximate surface area is 135 Å². The summed E-state index contributed by atoms with van der Waals surface area (Å²) in [5.74, 6) is -0.112. The first-order chi connectivity index (χ1) is 10.5. The highest BCUT2D eigenvalue weighted by Crippen LogP contribution is 2.11. The van der Waals surface area contributed by atoms with Crippen LogP contribution >= 0.6 is 0 Å². The Bertz CT molecular complexity index is 370. The minimum absolute atomic E-state index is 0.0797. The lowest BCUT2D eigenvalue weighted by atomic mass is 10.1. The molecular weight excluding hydrogens is 306 g/mol. The number of carbonyl (C=O) groups is 1. The largest absolute Gasteiger partial charge is 0.397 e. The molecule has 0 saturated heterocycles. The van der Waals surface area contributed by atoms with Crippen LogP contribution in [0.4, 0.5) is 0 Å². The van der Waals surface area contributed by atoms with Gasteiger partial charge in [0.15, 0.2) is 0 Å². The van der Waals surface area contributed by atoms with Crippen LogP contribution in [0.1, 0.15) is 77.6 Å². The molecule has 7 heteroatoms. The summed E-state index contributed by atoms with van der Waals surface area (Å²) in [6, 6.07) is 0. The highest BCUT2D eigenvalue weighted by molar-refractivity contribution is 7.80. The molecule has 0 aliphatic carbocycles. The van der Waals surface area contributed by atoms with Gasteiger partial charge in [-0.05, 0) is 6.42 Å². The van der Waals surface area contributed by atoms with Gasteiger partial charge >= 0.3 is 10.4 Å². The number of unbranched alkanes of at least 4 members (excludes halogenated alkanes) is 9. The number of nitrogens with one attached hydrogen (secondary N) is 1. The minimum Gasteiger partial charge on any atom is -0.354 e.